The van der Waals surface area contributed by atoms with E-state index in [0.717, 1.165) is 12.8 Å². The number of amides is 1. The summed E-state index contributed by atoms with van der Waals surface area (Å²) in [7, 11) is 0. The van der Waals surface area contributed by atoms with Crippen molar-refractivity contribution >= 4 is 11.9 Å². The fourth-order valence-corrected chi connectivity index (χ4v) is 3.37. The molecule has 2 N–H and O–H groups in total. The maximum Gasteiger partial charge on any atom is 0.372 e. The van der Waals surface area contributed by atoms with Gasteiger partial charge in [0.25, 0.3) is 5.91 Å². The van der Waals surface area contributed by atoms with Crippen molar-refractivity contribution in [3.8, 4) is 0 Å². The van der Waals surface area contributed by atoms with Crippen molar-refractivity contribution in [2.75, 3.05) is 0 Å². The number of pyridine rings is 1. The highest BCUT2D eigenvalue weighted by atomic mass is 16.5. The van der Waals surface area contributed by atoms with E-state index in [1.165, 1.54) is 6.42 Å². The van der Waals surface area contributed by atoms with E-state index in [0.29, 0.717) is 23.3 Å². The van der Waals surface area contributed by atoms with Crippen molar-refractivity contribution in [2.24, 2.45) is 23.5 Å². The summed E-state index contributed by atoms with van der Waals surface area (Å²) >= 11 is 0. The van der Waals surface area contributed by atoms with Gasteiger partial charge in [0.15, 0.2) is 12.4 Å². The highest BCUT2D eigenvalue weighted by molar-refractivity contribution is 5.92. The normalized spacial score (nSPS) is 24.4. The third-order valence-electron chi connectivity index (χ3n) is 4.70. The number of aromatic nitrogens is 1. The van der Waals surface area contributed by atoms with E-state index in [4.69, 9.17) is 10.5 Å². The molecule has 1 fully saturated rings. The summed E-state index contributed by atoms with van der Waals surface area (Å²) in [4.78, 5) is 23.5. The van der Waals surface area contributed by atoms with Crippen molar-refractivity contribution < 1.29 is 18.9 Å². The predicted molar refractivity (Wildman–Crippen MR) is 86.4 cm³/mol. The Hall–Kier alpha value is -1.91. The van der Waals surface area contributed by atoms with Crippen molar-refractivity contribution in [1.29, 1.82) is 0 Å². The average molecular weight is 319 g/mol. The van der Waals surface area contributed by atoms with Crippen molar-refractivity contribution in [1.82, 2.24) is 0 Å². The highest BCUT2D eigenvalue weighted by Crippen LogP contribution is 2.35. The van der Waals surface area contributed by atoms with Crippen LogP contribution in [0.4, 0.5) is 0 Å². The molecule has 0 radical (unpaired) electrons. The second kappa shape index (κ2) is 7.57. The van der Waals surface area contributed by atoms with Crippen LogP contribution >= 0.6 is 0 Å². The predicted octanol–water partition coefficient (Wildman–Crippen LogP) is 2.08. The summed E-state index contributed by atoms with van der Waals surface area (Å²) in [6.07, 6.45) is 6.55. The standard InChI is InChI=1S/C18H26N2O3/c1-12(2)15-7-6-13(3)9-16(15)23-17(21)11-20-8-4-5-14(10-20)18(19)22/h4-5,8,10,12-13,15-16H,6-7,9,11H2,1-3H3,(H-,19,22)/p+1/t13-,15+,16-/m1/s1. The van der Waals surface area contributed by atoms with Gasteiger partial charge < -0.3 is 10.5 Å². The molecule has 0 spiro atoms. The van der Waals surface area contributed by atoms with Crippen LogP contribution in [-0.4, -0.2) is 18.0 Å². The number of rotatable bonds is 5. The molecule has 0 aliphatic heterocycles. The maximum absolute atomic E-state index is 12.3. The number of esters is 1. The Balaban J connectivity index is 2.00. The Morgan fingerprint density at radius 3 is 2.78 bits per heavy atom. The number of hydrogen-bond donors (Lipinski definition) is 1. The molecule has 1 amide bonds. The van der Waals surface area contributed by atoms with Gasteiger partial charge in [-0.1, -0.05) is 27.2 Å². The fourth-order valence-electron chi connectivity index (χ4n) is 3.37. The molecule has 1 heterocycles. The monoisotopic (exact) mass is 319 g/mol. The molecule has 2 rings (SSSR count). The molecule has 126 valence electrons. The first-order valence-electron chi connectivity index (χ1n) is 8.35. The summed E-state index contributed by atoms with van der Waals surface area (Å²) in [6, 6.07) is 3.33. The van der Waals surface area contributed by atoms with E-state index in [9.17, 15) is 9.59 Å². The Morgan fingerprint density at radius 1 is 1.39 bits per heavy atom. The van der Waals surface area contributed by atoms with E-state index in [1.807, 2.05) is 0 Å². The zero-order valence-corrected chi connectivity index (χ0v) is 14.2. The fraction of sp³-hybridized carbons (Fsp3) is 0.611. The van der Waals surface area contributed by atoms with Crippen LogP contribution in [0, 0.1) is 17.8 Å². The smallest absolute Gasteiger partial charge is 0.372 e. The van der Waals surface area contributed by atoms with Gasteiger partial charge in [-0.15, -0.1) is 0 Å². The van der Waals surface area contributed by atoms with Crippen molar-refractivity contribution in [2.45, 2.75) is 52.7 Å². The van der Waals surface area contributed by atoms with Crippen LogP contribution in [0.15, 0.2) is 24.5 Å². The van der Waals surface area contributed by atoms with E-state index < -0.39 is 5.91 Å². The number of primary amides is 1. The van der Waals surface area contributed by atoms with Crippen LogP contribution in [0.2, 0.25) is 0 Å². The minimum atomic E-state index is -0.506. The Labute approximate surface area is 137 Å². The number of carbonyl (C=O) groups excluding carboxylic acids is 2. The molecule has 3 atom stereocenters. The lowest BCUT2D eigenvalue weighted by atomic mass is 9.75. The molecule has 23 heavy (non-hydrogen) atoms. The molecule has 1 aliphatic rings. The van der Waals surface area contributed by atoms with Gasteiger partial charge in [0.05, 0.1) is 0 Å². The van der Waals surface area contributed by atoms with E-state index in [-0.39, 0.29) is 18.6 Å². The number of nitrogens with two attached hydrogens (primary N) is 1. The Bertz CT molecular complexity index is 571. The van der Waals surface area contributed by atoms with Crippen LogP contribution in [0.3, 0.4) is 0 Å². The lowest BCUT2D eigenvalue weighted by molar-refractivity contribution is -0.686. The Morgan fingerprint density at radius 2 is 2.13 bits per heavy atom. The first kappa shape index (κ1) is 17.4. The summed E-state index contributed by atoms with van der Waals surface area (Å²) < 4.78 is 7.40. The molecule has 5 nitrogen and oxygen atoms in total. The molecular weight excluding hydrogens is 292 g/mol. The summed E-state index contributed by atoms with van der Waals surface area (Å²) in [5.41, 5.74) is 5.64. The van der Waals surface area contributed by atoms with Crippen LogP contribution in [0.25, 0.3) is 0 Å². The van der Waals surface area contributed by atoms with Crippen LogP contribution < -0.4 is 10.3 Å². The zero-order valence-electron chi connectivity index (χ0n) is 14.2. The van der Waals surface area contributed by atoms with Gasteiger partial charge in [-0.3, -0.25) is 4.79 Å². The number of hydrogen-bond acceptors (Lipinski definition) is 3. The van der Waals surface area contributed by atoms with Gasteiger partial charge >= 0.3 is 5.97 Å². The second-order valence-electron chi connectivity index (χ2n) is 6.98. The van der Waals surface area contributed by atoms with E-state index >= 15 is 0 Å². The van der Waals surface area contributed by atoms with Crippen LogP contribution in [0.5, 0.6) is 0 Å². The lowest BCUT2D eigenvalue weighted by Gasteiger charge is -2.36. The van der Waals surface area contributed by atoms with Crippen LogP contribution in [-0.2, 0) is 16.1 Å². The molecular formula is C18H27N2O3+. The second-order valence-corrected chi connectivity index (χ2v) is 6.98. The van der Waals surface area contributed by atoms with E-state index in [2.05, 4.69) is 20.8 Å². The molecule has 0 saturated heterocycles. The largest absolute Gasteiger partial charge is 0.457 e. The minimum Gasteiger partial charge on any atom is -0.457 e. The third-order valence-corrected chi connectivity index (χ3v) is 4.70. The van der Waals surface area contributed by atoms with Crippen molar-refractivity contribution in [3.05, 3.63) is 30.1 Å². The van der Waals surface area contributed by atoms with E-state index in [1.54, 1.807) is 29.1 Å². The maximum atomic E-state index is 12.3. The van der Waals surface area contributed by atoms with Gasteiger partial charge in [-0.25, -0.2) is 4.79 Å². The van der Waals surface area contributed by atoms with Gasteiger partial charge in [0, 0.05) is 6.07 Å². The zero-order chi connectivity index (χ0) is 17.0. The number of nitrogens with zero attached hydrogens (tertiary/aromatic N) is 1. The molecule has 5 heteroatoms. The van der Waals surface area contributed by atoms with Crippen molar-refractivity contribution in [3.63, 3.8) is 0 Å². The van der Waals surface area contributed by atoms with Gasteiger partial charge in [-0.05, 0) is 36.7 Å². The van der Waals surface area contributed by atoms with Gasteiger partial charge in [-0.2, -0.15) is 4.57 Å². The third kappa shape index (κ3) is 4.78. The quantitative estimate of drug-likeness (QED) is 0.667. The topological polar surface area (TPSA) is 73.3 Å². The molecule has 1 aromatic rings. The summed E-state index contributed by atoms with van der Waals surface area (Å²) in [6.45, 7) is 6.68. The first-order valence-corrected chi connectivity index (χ1v) is 8.35. The molecule has 0 aromatic carbocycles. The van der Waals surface area contributed by atoms with Gasteiger partial charge in [0.1, 0.15) is 11.7 Å². The van der Waals surface area contributed by atoms with Crippen LogP contribution in [0.1, 0.15) is 50.4 Å². The minimum absolute atomic E-state index is 0.00817. The number of ether oxygens (including phenoxy) is 1. The van der Waals surface area contributed by atoms with Gasteiger partial charge in [0.2, 0.25) is 6.54 Å². The summed E-state index contributed by atoms with van der Waals surface area (Å²) in [5, 5.41) is 0. The molecule has 1 aromatic heterocycles. The lowest BCUT2D eigenvalue weighted by Crippen LogP contribution is -2.42. The molecule has 1 saturated carbocycles. The summed E-state index contributed by atoms with van der Waals surface area (Å²) in [5.74, 6) is 0.756. The SMILES string of the molecule is CC(C)[C@@H]1CC[C@@H](C)C[C@H]1OC(=O)C[n+]1cccc(C(N)=O)c1. The molecule has 0 unspecified atom stereocenters. The highest BCUT2D eigenvalue weighted by Gasteiger charge is 2.33. The average Bonchev–Trinajstić information content (AvgIpc) is 2.47. The number of carbonyl (C=O) groups is 2. The molecule has 0 bridgehead atoms. The Kier molecular flexibility index (Phi) is 5.74. The first-order chi connectivity index (χ1) is 10.9. The molecule has 1 aliphatic carbocycles.